The van der Waals surface area contributed by atoms with E-state index in [1.807, 2.05) is 24.3 Å². The van der Waals surface area contributed by atoms with Crippen LogP contribution in [0.4, 0.5) is 4.79 Å². The van der Waals surface area contributed by atoms with Gasteiger partial charge in [-0.15, -0.1) is 0 Å². The van der Waals surface area contributed by atoms with Crippen LogP contribution in [0.25, 0.3) is 10.9 Å². The molecule has 0 spiro atoms. The Morgan fingerprint density at radius 2 is 2.05 bits per heavy atom. The molecule has 0 unspecified atom stereocenters. The van der Waals surface area contributed by atoms with Crippen molar-refractivity contribution >= 4 is 16.9 Å². The molecule has 0 saturated heterocycles. The standard InChI is InChI=1S/C15H20N4O/c20-15(17-11-6-2-1-3-7-11)16-10-14-12-8-4-5-9-13(12)18-19-14/h4-5,8-9,11H,1-3,6-7,10H2,(H,18,19)(H2,16,17,20). The number of benzene rings is 1. The van der Waals surface area contributed by atoms with E-state index in [-0.39, 0.29) is 6.03 Å². The summed E-state index contributed by atoms with van der Waals surface area (Å²) in [6, 6.07) is 8.14. The molecule has 106 valence electrons. The number of rotatable bonds is 3. The Morgan fingerprint density at radius 1 is 1.25 bits per heavy atom. The zero-order valence-corrected chi connectivity index (χ0v) is 11.5. The Kier molecular flexibility index (Phi) is 3.85. The minimum atomic E-state index is -0.0874. The second-order valence-electron chi connectivity index (χ2n) is 5.38. The summed E-state index contributed by atoms with van der Waals surface area (Å²) in [6.07, 6.45) is 5.92. The first-order valence-corrected chi connectivity index (χ1v) is 7.29. The Labute approximate surface area is 118 Å². The number of hydrogen-bond acceptors (Lipinski definition) is 2. The lowest BCUT2D eigenvalue weighted by atomic mass is 9.96. The molecule has 5 nitrogen and oxygen atoms in total. The summed E-state index contributed by atoms with van der Waals surface area (Å²) in [6.45, 7) is 0.471. The van der Waals surface area contributed by atoms with Gasteiger partial charge in [-0.05, 0) is 18.9 Å². The van der Waals surface area contributed by atoms with Crippen LogP contribution in [0, 0.1) is 0 Å². The van der Waals surface area contributed by atoms with E-state index in [1.165, 1.54) is 19.3 Å². The minimum absolute atomic E-state index is 0.0874. The lowest BCUT2D eigenvalue weighted by Crippen LogP contribution is -2.42. The first-order chi connectivity index (χ1) is 9.83. The maximum atomic E-state index is 11.9. The van der Waals surface area contributed by atoms with Gasteiger partial charge < -0.3 is 10.6 Å². The molecule has 2 aromatic rings. The summed E-state index contributed by atoms with van der Waals surface area (Å²) in [7, 11) is 0. The van der Waals surface area contributed by atoms with Crippen molar-refractivity contribution in [1.82, 2.24) is 20.8 Å². The summed E-state index contributed by atoms with van der Waals surface area (Å²) in [5.41, 5.74) is 1.87. The summed E-state index contributed by atoms with van der Waals surface area (Å²) < 4.78 is 0. The fourth-order valence-electron chi connectivity index (χ4n) is 2.80. The van der Waals surface area contributed by atoms with E-state index in [2.05, 4.69) is 20.8 Å². The molecule has 1 saturated carbocycles. The van der Waals surface area contributed by atoms with Crippen molar-refractivity contribution in [1.29, 1.82) is 0 Å². The maximum absolute atomic E-state index is 11.9. The molecule has 3 rings (SSSR count). The van der Waals surface area contributed by atoms with Gasteiger partial charge in [0.25, 0.3) is 0 Å². The molecule has 0 bridgehead atoms. The number of aromatic nitrogens is 2. The Balaban J connectivity index is 1.54. The monoisotopic (exact) mass is 272 g/mol. The van der Waals surface area contributed by atoms with Crippen molar-refractivity contribution in [3.05, 3.63) is 30.0 Å². The highest BCUT2D eigenvalue weighted by molar-refractivity contribution is 5.82. The first kappa shape index (κ1) is 13.0. The zero-order chi connectivity index (χ0) is 13.8. The lowest BCUT2D eigenvalue weighted by Gasteiger charge is -2.22. The molecule has 2 amide bonds. The zero-order valence-electron chi connectivity index (χ0n) is 11.5. The molecule has 1 fully saturated rings. The average molecular weight is 272 g/mol. The molecule has 5 heteroatoms. The average Bonchev–Trinajstić information content (AvgIpc) is 2.89. The smallest absolute Gasteiger partial charge is 0.315 e. The number of amides is 2. The van der Waals surface area contributed by atoms with E-state index in [0.29, 0.717) is 12.6 Å². The lowest BCUT2D eigenvalue weighted by molar-refractivity contribution is 0.232. The van der Waals surface area contributed by atoms with Gasteiger partial charge in [0.15, 0.2) is 0 Å². The van der Waals surface area contributed by atoms with Crippen LogP contribution in [-0.4, -0.2) is 22.3 Å². The highest BCUT2D eigenvalue weighted by Gasteiger charge is 2.15. The third-order valence-electron chi connectivity index (χ3n) is 3.91. The number of carbonyl (C=O) groups excluding carboxylic acids is 1. The number of nitrogens with zero attached hydrogens (tertiary/aromatic N) is 1. The number of fused-ring (bicyclic) bond motifs is 1. The van der Waals surface area contributed by atoms with E-state index in [9.17, 15) is 4.79 Å². The maximum Gasteiger partial charge on any atom is 0.315 e. The van der Waals surface area contributed by atoms with Gasteiger partial charge >= 0.3 is 6.03 Å². The molecular formula is C15H20N4O. The van der Waals surface area contributed by atoms with Gasteiger partial charge in [0, 0.05) is 11.4 Å². The van der Waals surface area contributed by atoms with E-state index >= 15 is 0 Å². The second kappa shape index (κ2) is 5.94. The van der Waals surface area contributed by atoms with Crippen molar-refractivity contribution in [3.63, 3.8) is 0 Å². The van der Waals surface area contributed by atoms with Gasteiger partial charge in [-0.25, -0.2) is 4.79 Å². The van der Waals surface area contributed by atoms with Crippen molar-refractivity contribution in [2.45, 2.75) is 44.7 Å². The molecule has 1 aliphatic rings. The molecule has 1 heterocycles. The van der Waals surface area contributed by atoms with Gasteiger partial charge in [-0.2, -0.15) is 5.10 Å². The van der Waals surface area contributed by atoms with E-state index < -0.39 is 0 Å². The second-order valence-corrected chi connectivity index (χ2v) is 5.38. The van der Waals surface area contributed by atoms with Crippen LogP contribution >= 0.6 is 0 Å². The van der Waals surface area contributed by atoms with Crippen molar-refractivity contribution < 1.29 is 4.79 Å². The summed E-state index contributed by atoms with van der Waals surface area (Å²) in [5.74, 6) is 0. The third kappa shape index (κ3) is 2.92. The summed E-state index contributed by atoms with van der Waals surface area (Å²) in [4.78, 5) is 11.9. The van der Waals surface area contributed by atoms with Crippen LogP contribution in [0.3, 0.4) is 0 Å². The quantitative estimate of drug-likeness (QED) is 0.804. The Bertz CT molecular complexity index is 586. The Hall–Kier alpha value is -2.04. The summed E-state index contributed by atoms with van der Waals surface area (Å²) >= 11 is 0. The molecule has 1 aliphatic carbocycles. The molecule has 0 atom stereocenters. The molecule has 0 radical (unpaired) electrons. The number of nitrogens with one attached hydrogen (secondary N) is 3. The van der Waals surface area contributed by atoms with Crippen molar-refractivity contribution in [2.75, 3.05) is 0 Å². The predicted molar refractivity (Wildman–Crippen MR) is 78.3 cm³/mol. The molecule has 1 aromatic heterocycles. The highest BCUT2D eigenvalue weighted by atomic mass is 16.2. The first-order valence-electron chi connectivity index (χ1n) is 7.29. The predicted octanol–water partition coefficient (Wildman–Crippen LogP) is 2.69. The van der Waals surface area contributed by atoms with Crippen molar-refractivity contribution in [3.8, 4) is 0 Å². The molecule has 20 heavy (non-hydrogen) atoms. The molecule has 3 N–H and O–H groups in total. The third-order valence-corrected chi connectivity index (χ3v) is 3.91. The van der Waals surface area contributed by atoms with Gasteiger partial charge in [0.05, 0.1) is 17.8 Å². The number of carbonyl (C=O) groups is 1. The van der Waals surface area contributed by atoms with E-state index in [1.54, 1.807) is 0 Å². The molecule has 1 aromatic carbocycles. The van der Waals surface area contributed by atoms with Crippen molar-refractivity contribution in [2.24, 2.45) is 0 Å². The van der Waals surface area contributed by atoms with Gasteiger partial charge in [0.1, 0.15) is 0 Å². The van der Waals surface area contributed by atoms with Gasteiger partial charge in [0.2, 0.25) is 0 Å². The van der Waals surface area contributed by atoms with Crippen LogP contribution in [0.2, 0.25) is 0 Å². The molecule has 0 aliphatic heterocycles. The normalized spacial score (nSPS) is 16.2. The largest absolute Gasteiger partial charge is 0.335 e. The number of H-pyrrole nitrogens is 1. The number of hydrogen-bond donors (Lipinski definition) is 3. The summed E-state index contributed by atoms with van der Waals surface area (Å²) in [5, 5.41) is 14.2. The number of urea groups is 1. The van der Waals surface area contributed by atoms with E-state index in [0.717, 1.165) is 29.4 Å². The van der Waals surface area contributed by atoms with Gasteiger partial charge in [-0.3, -0.25) is 5.10 Å². The van der Waals surface area contributed by atoms with Gasteiger partial charge in [-0.1, -0.05) is 37.5 Å². The Morgan fingerprint density at radius 3 is 2.90 bits per heavy atom. The minimum Gasteiger partial charge on any atom is -0.335 e. The van der Waals surface area contributed by atoms with E-state index in [4.69, 9.17) is 0 Å². The fraction of sp³-hybridized carbons (Fsp3) is 0.467. The van der Waals surface area contributed by atoms with Crippen LogP contribution in [0.5, 0.6) is 0 Å². The van der Waals surface area contributed by atoms with Crippen LogP contribution < -0.4 is 10.6 Å². The topological polar surface area (TPSA) is 69.8 Å². The molecular weight excluding hydrogens is 252 g/mol. The van der Waals surface area contributed by atoms with Crippen LogP contribution in [-0.2, 0) is 6.54 Å². The number of aromatic amines is 1. The van der Waals surface area contributed by atoms with Crippen LogP contribution in [0.15, 0.2) is 24.3 Å². The van der Waals surface area contributed by atoms with Crippen LogP contribution in [0.1, 0.15) is 37.8 Å². The number of para-hydroxylation sites is 1. The highest BCUT2D eigenvalue weighted by Crippen LogP contribution is 2.17. The SMILES string of the molecule is O=C(NCc1[nH]nc2ccccc12)NC1CCCCC1. The fourth-order valence-corrected chi connectivity index (χ4v) is 2.80.